The van der Waals surface area contributed by atoms with Crippen molar-refractivity contribution in [1.82, 2.24) is 0 Å². The van der Waals surface area contributed by atoms with Gasteiger partial charge in [-0.25, -0.2) is 4.39 Å². The van der Waals surface area contributed by atoms with E-state index < -0.39 is 0 Å². The van der Waals surface area contributed by atoms with Gasteiger partial charge in [-0.2, -0.15) is 0 Å². The Morgan fingerprint density at radius 1 is 0.867 bits per heavy atom. The Labute approximate surface area is 179 Å². The molecule has 0 amide bonds. The SMILES string of the molecule is CCOc1ccc(C(C(F)=CCc2cccc(Oc3ccccc3)c2)C(C)C)cc1. The van der Waals surface area contributed by atoms with Gasteiger partial charge < -0.3 is 9.47 Å². The molecule has 0 aliphatic rings. The zero-order valence-electron chi connectivity index (χ0n) is 17.8. The molecule has 3 heteroatoms. The molecule has 0 saturated carbocycles. The first kappa shape index (κ1) is 21.6. The van der Waals surface area contributed by atoms with Crippen LogP contribution in [0, 0.1) is 5.92 Å². The number of ether oxygens (including phenoxy) is 2. The van der Waals surface area contributed by atoms with E-state index in [0.29, 0.717) is 13.0 Å². The number of hydrogen-bond acceptors (Lipinski definition) is 2. The normalized spacial score (nSPS) is 12.6. The molecule has 0 heterocycles. The number of halogens is 1. The highest BCUT2D eigenvalue weighted by Crippen LogP contribution is 2.34. The van der Waals surface area contributed by atoms with E-state index in [2.05, 4.69) is 0 Å². The number of hydrogen-bond donors (Lipinski definition) is 0. The summed E-state index contributed by atoms with van der Waals surface area (Å²) in [5.41, 5.74) is 1.97. The second-order valence-electron chi connectivity index (χ2n) is 7.58. The minimum absolute atomic E-state index is 0.108. The topological polar surface area (TPSA) is 18.5 Å². The molecule has 156 valence electrons. The standard InChI is InChI=1S/C27H29FO2/c1-4-29-23-16-14-22(15-17-23)27(20(2)3)26(28)18-13-21-9-8-12-25(19-21)30-24-10-6-5-7-11-24/h5-12,14-20,27H,4,13H2,1-3H3. The molecule has 2 nitrogen and oxygen atoms in total. The van der Waals surface area contributed by atoms with Crippen molar-refractivity contribution in [1.29, 1.82) is 0 Å². The summed E-state index contributed by atoms with van der Waals surface area (Å²) in [6.45, 7) is 6.66. The van der Waals surface area contributed by atoms with Gasteiger partial charge in [0, 0.05) is 5.92 Å². The summed E-state index contributed by atoms with van der Waals surface area (Å²) in [7, 11) is 0. The zero-order valence-corrected chi connectivity index (χ0v) is 17.8. The molecule has 1 atom stereocenters. The predicted molar refractivity (Wildman–Crippen MR) is 121 cm³/mol. The molecule has 1 unspecified atom stereocenters. The molecule has 0 aromatic heterocycles. The van der Waals surface area contributed by atoms with Crippen LogP contribution in [0.2, 0.25) is 0 Å². The Balaban J connectivity index is 1.72. The molecular weight excluding hydrogens is 375 g/mol. The van der Waals surface area contributed by atoms with Gasteiger partial charge in [-0.15, -0.1) is 0 Å². The number of allylic oxidation sites excluding steroid dienone is 2. The molecule has 0 fully saturated rings. The fourth-order valence-corrected chi connectivity index (χ4v) is 3.50. The smallest absolute Gasteiger partial charge is 0.127 e. The summed E-state index contributed by atoms with van der Waals surface area (Å²) in [6.07, 6.45) is 2.20. The highest BCUT2D eigenvalue weighted by molar-refractivity contribution is 5.36. The maximum absolute atomic E-state index is 15.2. The molecular formula is C27H29FO2. The first-order valence-electron chi connectivity index (χ1n) is 10.5. The molecule has 0 aliphatic heterocycles. The van der Waals surface area contributed by atoms with Gasteiger partial charge in [0.05, 0.1) is 6.61 Å². The summed E-state index contributed by atoms with van der Waals surface area (Å²) < 4.78 is 26.6. The second-order valence-corrected chi connectivity index (χ2v) is 7.58. The van der Waals surface area contributed by atoms with Crippen LogP contribution in [0.1, 0.15) is 37.8 Å². The lowest BCUT2D eigenvalue weighted by molar-refractivity contribution is 0.340. The van der Waals surface area contributed by atoms with E-state index in [-0.39, 0.29) is 17.7 Å². The van der Waals surface area contributed by atoms with Crippen molar-refractivity contribution in [2.45, 2.75) is 33.1 Å². The van der Waals surface area contributed by atoms with Gasteiger partial charge in [0.2, 0.25) is 0 Å². The molecule has 0 radical (unpaired) electrons. The highest BCUT2D eigenvalue weighted by Gasteiger charge is 2.21. The lowest BCUT2D eigenvalue weighted by Gasteiger charge is -2.20. The van der Waals surface area contributed by atoms with Crippen LogP contribution in [0.4, 0.5) is 4.39 Å². The van der Waals surface area contributed by atoms with Gasteiger partial charge in [0.15, 0.2) is 0 Å². The quantitative estimate of drug-likeness (QED) is 0.363. The van der Waals surface area contributed by atoms with Gasteiger partial charge in [-0.1, -0.05) is 56.3 Å². The van der Waals surface area contributed by atoms with E-state index in [1.54, 1.807) is 6.08 Å². The number of para-hydroxylation sites is 1. The zero-order chi connectivity index (χ0) is 21.3. The minimum Gasteiger partial charge on any atom is -0.494 e. The summed E-state index contributed by atoms with van der Waals surface area (Å²) in [6, 6.07) is 25.2. The van der Waals surface area contributed by atoms with Crippen molar-refractivity contribution in [3.63, 3.8) is 0 Å². The third kappa shape index (κ3) is 5.96. The molecule has 3 rings (SSSR count). The van der Waals surface area contributed by atoms with Crippen LogP contribution < -0.4 is 9.47 Å². The Morgan fingerprint density at radius 3 is 2.23 bits per heavy atom. The van der Waals surface area contributed by atoms with Crippen molar-refractivity contribution in [3.05, 3.63) is 102 Å². The molecule has 0 N–H and O–H groups in total. The number of rotatable bonds is 9. The lowest BCUT2D eigenvalue weighted by atomic mass is 9.86. The van der Waals surface area contributed by atoms with Crippen LogP contribution in [0.15, 0.2) is 90.8 Å². The van der Waals surface area contributed by atoms with E-state index in [1.807, 2.05) is 99.6 Å². The maximum Gasteiger partial charge on any atom is 0.127 e. The fraction of sp³-hybridized carbons (Fsp3) is 0.259. The first-order chi connectivity index (χ1) is 14.6. The van der Waals surface area contributed by atoms with E-state index in [4.69, 9.17) is 9.47 Å². The van der Waals surface area contributed by atoms with Crippen molar-refractivity contribution in [2.24, 2.45) is 5.92 Å². The maximum atomic E-state index is 15.2. The minimum atomic E-state index is -0.274. The van der Waals surface area contributed by atoms with Gasteiger partial charge >= 0.3 is 0 Å². The average molecular weight is 405 g/mol. The third-order valence-corrected chi connectivity index (χ3v) is 4.92. The van der Waals surface area contributed by atoms with E-state index in [9.17, 15) is 0 Å². The highest BCUT2D eigenvalue weighted by atomic mass is 19.1. The van der Waals surface area contributed by atoms with Crippen molar-refractivity contribution >= 4 is 0 Å². The summed E-state index contributed by atoms with van der Waals surface area (Å²) in [5.74, 6) is 2.11. The van der Waals surface area contributed by atoms with Crippen LogP contribution >= 0.6 is 0 Å². The van der Waals surface area contributed by atoms with Crippen LogP contribution in [0.3, 0.4) is 0 Å². The lowest BCUT2D eigenvalue weighted by Crippen LogP contribution is -2.08. The van der Waals surface area contributed by atoms with Crippen molar-refractivity contribution < 1.29 is 13.9 Å². The number of benzene rings is 3. The Morgan fingerprint density at radius 2 is 1.57 bits per heavy atom. The Hall–Kier alpha value is -3.07. The van der Waals surface area contributed by atoms with Gasteiger partial charge in [0.25, 0.3) is 0 Å². The van der Waals surface area contributed by atoms with Crippen LogP contribution in [0.25, 0.3) is 0 Å². The van der Waals surface area contributed by atoms with Crippen molar-refractivity contribution in [2.75, 3.05) is 6.61 Å². The Bertz CT molecular complexity index is 946. The molecule has 0 spiro atoms. The average Bonchev–Trinajstić information content (AvgIpc) is 2.75. The van der Waals surface area contributed by atoms with Gasteiger partial charge in [-0.3, -0.25) is 0 Å². The van der Waals surface area contributed by atoms with Crippen LogP contribution in [-0.2, 0) is 6.42 Å². The third-order valence-electron chi connectivity index (χ3n) is 4.92. The van der Waals surface area contributed by atoms with E-state index in [0.717, 1.165) is 28.4 Å². The molecule has 0 saturated heterocycles. The van der Waals surface area contributed by atoms with Gasteiger partial charge in [0.1, 0.15) is 23.1 Å². The van der Waals surface area contributed by atoms with Gasteiger partial charge in [-0.05, 0) is 72.9 Å². The molecule has 3 aromatic rings. The van der Waals surface area contributed by atoms with Crippen molar-refractivity contribution in [3.8, 4) is 17.2 Å². The first-order valence-corrected chi connectivity index (χ1v) is 10.5. The summed E-state index contributed by atoms with van der Waals surface area (Å²) in [4.78, 5) is 0. The predicted octanol–water partition coefficient (Wildman–Crippen LogP) is 7.71. The summed E-state index contributed by atoms with van der Waals surface area (Å²) in [5, 5.41) is 0. The molecule has 0 aliphatic carbocycles. The monoisotopic (exact) mass is 404 g/mol. The molecule has 30 heavy (non-hydrogen) atoms. The van der Waals surface area contributed by atoms with E-state index >= 15 is 4.39 Å². The van der Waals surface area contributed by atoms with E-state index in [1.165, 1.54) is 0 Å². The van der Waals surface area contributed by atoms with Crippen LogP contribution in [-0.4, -0.2) is 6.61 Å². The summed E-state index contributed by atoms with van der Waals surface area (Å²) >= 11 is 0. The van der Waals surface area contributed by atoms with Crippen LogP contribution in [0.5, 0.6) is 17.2 Å². The Kier molecular flexibility index (Phi) is 7.67. The molecule has 0 bridgehead atoms. The fourth-order valence-electron chi connectivity index (χ4n) is 3.50. The molecule has 3 aromatic carbocycles. The second kappa shape index (κ2) is 10.6. The largest absolute Gasteiger partial charge is 0.494 e.